The topological polar surface area (TPSA) is 105 Å². The summed E-state index contributed by atoms with van der Waals surface area (Å²) in [6, 6.07) is -0.0334. The normalized spacial score (nSPS) is 20.6. The molecule has 1 aromatic rings. The number of nitrogens with two attached hydrogens (primary N) is 1. The number of rotatable bonds is 3. The Morgan fingerprint density at radius 1 is 1.47 bits per heavy atom. The molecule has 0 saturated carbocycles. The summed E-state index contributed by atoms with van der Waals surface area (Å²) in [6.45, 7) is 8.51. The van der Waals surface area contributed by atoms with Gasteiger partial charge < -0.3 is 21.1 Å². The number of aromatic amines is 1. The zero-order chi connectivity index (χ0) is 14.2. The van der Waals surface area contributed by atoms with Crippen LogP contribution < -0.4 is 21.9 Å². The van der Waals surface area contributed by atoms with Crippen LogP contribution in [0.5, 0.6) is 0 Å². The second-order valence-electron chi connectivity index (χ2n) is 5.60. The van der Waals surface area contributed by atoms with Gasteiger partial charge in [0, 0.05) is 0 Å². The lowest BCUT2D eigenvalue weighted by molar-refractivity contribution is 0.0621. The minimum absolute atomic E-state index is 0.0334. The van der Waals surface area contributed by atoms with Crippen molar-refractivity contribution < 1.29 is 4.74 Å². The number of fused-ring (bicyclic) bond motifs is 1. The molecule has 1 atom stereocenters. The standard InChI is InChI=1S/C12H21N5O2/c1-6(2)19-5-7-12(3,4)17-9-8(14-7)10(18)16-11(13)15-9/h6-7,14H,5H2,1-4H3,(H4,13,15,16,17,18). The molecule has 0 aliphatic carbocycles. The van der Waals surface area contributed by atoms with Crippen LogP contribution >= 0.6 is 0 Å². The van der Waals surface area contributed by atoms with Gasteiger partial charge in [0.2, 0.25) is 5.95 Å². The first-order valence-corrected chi connectivity index (χ1v) is 6.35. The van der Waals surface area contributed by atoms with E-state index < -0.39 is 0 Å². The Labute approximate surface area is 111 Å². The molecule has 0 aromatic carbocycles. The van der Waals surface area contributed by atoms with Crippen LogP contribution in [0.2, 0.25) is 0 Å². The maximum Gasteiger partial charge on any atom is 0.277 e. The molecule has 5 N–H and O–H groups in total. The van der Waals surface area contributed by atoms with E-state index in [1.54, 1.807) is 0 Å². The molecular formula is C12H21N5O2. The Balaban J connectivity index is 2.29. The highest BCUT2D eigenvalue weighted by atomic mass is 16.5. The minimum Gasteiger partial charge on any atom is -0.377 e. The lowest BCUT2D eigenvalue weighted by atomic mass is 9.92. The van der Waals surface area contributed by atoms with E-state index in [1.165, 1.54) is 0 Å². The Kier molecular flexibility index (Phi) is 3.40. The zero-order valence-electron chi connectivity index (χ0n) is 11.7. The van der Waals surface area contributed by atoms with Crippen molar-refractivity contribution in [2.75, 3.05) is 23.0 Å². The highest BCUT2D eigenvalue weighted by Crippen LogP contribution is 2.29. The van der Waals surface area contributed by atoms with Crippen LogP contribution in [-0.4, -0.2) is 34.3 Å². The van der Waals surface area contributed by atoms with Crippen molar-refractivity contribution in [2.24, 2.45) is 0 Å². The molecule has 1 aliphatic heterocycles. The molecule has 106 valence electrons. The van der Waals surface area contributed by atoms with Gasteiger partial charge in [0.1, 0.15) is 5.69 Å². The second kappa shape index (κ2) is 4.73. The predicted octanol–water partition coefficient (Wildman–Crippen LogP) is 0.762. The molecule has 1 unspecified atom stereocenters. The fraction of sp³-hybridized carbons (Fsp3) is 0.667. The lowest BCUT2D eigenvalue weighted by Gasteiger charge is -2.41. The summed E-state index contributed by atoms with van der Waals surface area (Å²) in [7, 11) is 0. The van der Waals surface area contributed by atoms with Crippen molar-refractivity contribution in [1.82, 2.24) is 9.97 Å². The van der Waals surface area contributed by atoms with Crippen LogP contribution in [-0.2, 0) is 4.74 Å². The van der Waals surface area contributed by atoms with Gasteiger partial charge in [-0.3, -0.25) is 9.78 Å². The van der Waals surface area contributed by atoms with Crippen LogP contribution in [0, 0.1) is 0 Å². The maximum atomic E-state index is 11.9. The van der Waals surface area contributed by atoms with Crippen molar-refractivity contribution in [1.29, 1.82) is 0 Å². The summed E-state index contributed by atoms with van der Waals surface area (Å²) < 4.78 is 5.64. The molecule has 7 heteroatoms. The number of nitrogens with zero attached hydrogens (tertiary/aromatic N) is 1. The number of anilines is 3. The highest BCUT2D eigenvalue weighted by molar-refractivity contribution is 5.69. The Morgan fingerprint density at radius 3 is 2.79 bits per heavy atom. The molecule has 1 aromatic heterocycles. The molecule has 0 saturated heterocycles. The van der Waals surface area contributed by atoms with E-state index in [4.69, 9.17) is 10.5 Å². The summed E-state index contributed by atoms with van der Waals surface area (Å²) in [4.78, 5) is 18.4. The number of H-pyrrole nitrogens is 1. The molecule has 19 heavy (non-hydrogen) atoms. The average Bonchev–Trinajstić information content (AvgIpc) is 2.24. The molecule has 7 nitrogen and oxygen atoms in total. The van der Waals surface area contributed by atoms with Gasteiger partial charge >= 0.3 is 0 Å². The lowest BCUT2D eigenvalue weighted by Crippen LogP contribution is -2.55. The van der Waals surface area contributed by atoms with Gasteiger partial charge in [-0.1, -0.05) is 0 Å². The Bertz CT molecular complexity index is 523. The van der Waals surface area contributed by atoms with Gasteiger partial charge in [-0.25, -0.2) is 0 Å². The molecule has 0 fully saturated rings. The number of hydrogen-bond donors (Lipinski definition) is 4. The molecule has 2 heterocycles. The largest absolute Gasteiger partial charge is 0.377 e. The molecule has 0 bridgehead atoms. The third kappa shape index (κ3) is 2.81. The molecule has 1 aliphatic rings. The van der Waals surface area contributed by atoms with Crippen molar-refractivity contribution in [3.63, 3.8) is 0 Å². The summed E-state index contributed by atoms with van der Waals surface area (Å²) in [5.41, 5.74) is 5.38. The number of nitrogen functional groups attached to an aromatic ring is 1. The van der Waals surface area contributed by atoms with E-state index in [9.17, 15) is 4.79 Å². The predicted molar refractivity (Wildman–Crippen MR) is 75.5 cm³/mol. The Morgan fingerprint density at radius 2 is 2.16 bits per heavy atom. The zero-order valence-corrected chi connectivity index (χ0v) is 11.7. The van der Waals surface area contributed by atoms with E-state index in [-0.39, 0.29) is 29.2 Å². The van der Waals surface area contributed by atoms with Gasteiger partial charge in [-0.05, 0) is 27.7 Å². The highest BCUT2D eigenvalue weighted by Gasteiger charge is 2.36. The maximum absolute atomic E-state index is 11.9. The number of aromatic nitrogens is 2. The summed E-state index contributed by atoms with van der Waals surface area (Å²) in [5, 5.41) is 6.43. The number of nitrogens with one attached hydrogen (secondary N) is 3. The fourth-order valence-corrected chi connectivity index (χ4v) is 2.00. The third-order valence-electron chi connectivity index (χ3n) is 3.16. The van der Waals surface area contributed by atoms with Gasteiger partial charge in [0.25, 0.3) is 5.56 Å². The number of ether oxygens (including phenoxy) is 1. The molecule has 0 amide bonds. The SMILES string of the molecule is CC(C)OCC1Nc2c(nc(N)[nH]c2=O)NC1(C)C. The monoisotopic (exact) mass is 267 g/mol. The van der Waals surface area contributed by atoms with Gasteiger partial charge in [0.15, 0.2) is 5.82 Å². The first-order valence-electron chi connectivity index (χ1n) is 6.35. The van der Waals surface area contributed by atoms with E-state index in [0.29, 0.717) is 18.1 Å². The van der Waals surface area contributed by atoms with Crippen molar-refractivity contribution in [3.05, 3.63) is 10.4 Å². The van der Waals surface area contributed by atoms with Crippen molar-refractivity contribution >= 4 is 17.5 Å². The van der Waals surface area contributed by atoms with Gasteiger partial charge in [-0.2, -0.15) is 4.98 Å². The van der Waals surface area contributed by atoms with Gasteiger partial charge in [0.05, 0.1) is 24.3 Å². The first-order chi connectivity index (χ1) is 8.79. The average molecular weight is 267 g/mol. The van der Waals surface area contributed by atoms with Crippen LogP contribution in [0.3, 0.4) is 0 Å². The summed E-state index contributed by atoms with van der Waals surface area (Å²) in [6.07, 6.45) is 0.141. The second-order valence-corrected chi connectivity index (χ2v) is 5.60. The van der Waals surface area contributed by atoms with Crippen LogP contribution in [0.15, 0.2) is 4.79 Å². The molecule has 0 spiro atoms. The summed E-state index contributed by atoms with van der Waals surface area (Å²) >= 11 is 0. The number of hydrogen-bond acceptors (Lipinski definition) is 6. The van der Waals surface area contributed by atoms with Gasteiger partial charge in [-0.15, -0.1) is 0 Å². The summed E-state index contributed by atoms with van der Waals surface area (Å²) in [5.74, 6) is 0.581. The van der Waals surface area contributed by atoms with E-state index in [0.717, 1.165) is 0 Å². The van der Waals surface area contributed by atoms with Crippen LogP contribution in [0.25, 0.3) is 0 Å². The van der Waals surface area contributed by atoms with E-state index in [2.05, 4.69) is 20.6 Å². The van der Waals surface area contributed by atoms with Crippen LogP contribution in [0.1, 0.15) is 27.7 Å². The minimum atomic E-state index is -0.297. The fourth-order valence-electron chi connectivity index (χ4n) is 2.00. The van der Waals surface area contributed by atoms with Crippen molar-refractivity contribution in [2.45, 2.75) is 45.4 Å². The van der Waals surface area contributed by atoms with E-state index >= 15 is 0 Å². The molecule has 2 rings (SSSR count). The quantitative estimate of drug-likeness (QED) is 0.644. The third-order valence-corrected chi connectivity index (χ3v) is 3.16. The molecular weight excluding hydrogens is 246 g/mol. The molecule has 0 radical (unpaired) electrons. The van der Waals surface area contributed by atoms with Crippen LogP contribution in [0.4, 0.5) is 17.5 Å². The van der Waals surface area contributed by atoms with E-state index in [1.807, 2.05) is 27.7 Å². The smallest absolute Gasteiger partial charge is 0.277 e. The Hall–Kier alpha value is -1.76. The first kappa shape index (κ1) is 13.7. The van der Waals surface area contributed by atoms with Crippen molar-refractivity contribution in [3.8, 4) is 0 Å².